The number of benzene rings is 1. The Morgan fingerprint density at radius 3 is 2.41 bits per heavy atom. The van der Waals surface area contributed by atoms with Gasteiger partial charge in [0.1, 0.15) is 12.1 Å². The SMILES string of the molecule is CC12CC(c3cc(NC(=O)Cc4ccc(C(N)=C(C(N)=NC5(C)CC5)C(N)O)cc4)on3)(C1)C2. The lowest BCUT2D eigenvalue weighted by atomic mass is 9.35. The number of hydrogen-bond acceptors (Lipinski definition) is 7. The molecule has 9 heteroatoms. The highest BCUT2D eigenvalue weighted by Gasteiger charge is 2.66. The third-order valence-electron chi connectivity index (χ3n) is 7.47. The molecular weight excluding hydrogens is 432 g/mol. The number of amidine groups is 1. The molecule has 1 amide bonds. The highest BCUT2D eigenvalue weighted by Crippen LogP contribution is 2.73. The number of hydrogen-bond donors (Lipinski definition) is 5. The van der Waals surface area contributed by atoms with Gasteiger partial charge < -0.3 is 26.8 Å². The molecule has 34 heavy (non-hydrogen) atoms. The lowest BCUT2D eigenvalue weighted by Crippen LogP contribution is -2.62. The zero-order chi connectivity index (χ0) is 24.3. The first kappa shape index (κ1) is 22.6. The van der Waals surface area contributed by atoms with Crippen LogP contribution in [-0.2, 0) is 16.6 Å². The summed E-state index contributed by atoms with van der Waals surface area (Å²) in [6.45, 7) is 4.29. The van der Waals surface area contributed by atoms with E-state index in [-0.39, 0.29) is 40.4 Å². The van der Waals surface area contributed by atoms with E-state index in [0.29, 0.717) is 16.9 Å². The molecule has 4 aliphatic carbocycles. The number of amides is 1. The van der Waals surface area contributed by atoms with Gasteiger partial charge in [-0.1, -0.05) is 36.3 Å². The van der Waals surface area contributed by atoms with Crippen molar-refractivity contribution in [2.24, 2.45) is 27.6 Å². The van der Waals surface area contributed by atoms with E-state index in [0.717, 1.165) is 43.4 Å². The monoisotopic (exact) mass is 464 g/mol. The van der Waals surface area contributed by atoms with Crippen molar-refractivity contribution >= 4 is 23.3 Å². The molecule has 0 saturated heterocycles. The van der Waals surface area contributed by atoms with Crippen LogP contribution in [0.2, 0.25) is 0 Å². The van der Waals surface area contributed by atoms with Crippen molar-refractivity contribution in [1.29, 1.82) is 0 Å². The molecule has 4 saturated carbocycles. The van der Waals surface area contributed by atoms with Gasteiger partial charge in [-0.15, -0.1) is 0 Å². The zero-order valence-electron chi connectivity index (χ0n) is 19.6. The Bertz CT molecular complexity index is 1170. The van der Waals surface area contributed by atoms with Crippen LogP contribution in [0.5, 0.6) is 0 Å². The molecule has 1 atom stereocenters. The van der Waals surface area contributed by atoms with E-state index in [2.05, 4.69) is 22.4 Å². The van der Waals surface area contributed by atoms with Crippen molar-refractivity contribution in [3.8, 4) is 0 Å². The van der Waals surface area contributed by atoms with Crippen molar-refractivity contribution in [1.82, 2.24) is 5.16 Å². The van der Waals surface area contributed by atoms with E-state index in [1.165, 1.54) is 0 Å². The fourth-order valence-electron chi connectivity index (χ4n) is 5.57. The zero-order valence-corrected chi connectivity index (χ0v) is 19.6. The maximum absolute atomic E-state index is 12.5. The molecule has 180 valence electrons. The third-order valence-corrected chi connectivity index (χ3v) is 7.47. The predicted molar refractivity (Wildman–Crippen MR) is 129 cm³/mol. The van der Waals surface area contributed by atoms with Crippen LogP contribution in [0.15, 0.2) is 45.4 Å². The van der Waals surface area contributed by atoms with E-state index < -0.39 is 6.23 Å². The van der Waals surface area contributed by atoms with Crippen LogP contribution in [-0.4, -0.2) is 33.8 Å². The van der Waals surface area contributed by atoms with Crippen LogP contribution in [0.1, 0.15) is 62.8 Å². The molecule has 6 rings (SSSR count). The van der Waals surface area contributed by atoms with Gasteiger partial charge in [0.2, 0.25) is 11.8 Å². The average molecular weight is 465 g/mol. The summed E-state index contributed by atoms with van der Waals surface area (Å²) < 4.78 is 5.35. The van der Waals surface area contributed by atoms with E-state index in [9.17, 15) is 9.90 Å². The normalized spacial score (nSPS) is 28.3. The number of carbonyl (C=O) groups excluding carboxylic acids is 1. The second-order valence-corrected chi connectivity index (χ2v) is 10.9. The summed E-state index contributed by atoms with van der Waals surface area (Å²) in [7, 11) is 0. The first-order chi connectivity index (χ1) is 16.0. The summed E-state index contributed by atoms with van der Waals surface area (Å²) >= 11 is 0. The summed E-state index contributed by atoms with van der Waals surface area (Å²) in [4.78, 5) is 17.0. The standard InChI is InChI=1S/C25H32N6O3/c1-23-11-25(12-23,13-23)16-10-18(34-31-16)29-17(32)9-14-3-5-15(6-4-14)20(26)19(22(28)33)21(27)30-24(2)7-8-24/h3-6,10,22,33H,7-9,11-13,26,28H2,1-2H3,(H2,27,30)(H,29,32). The number of aliphatic imine (C=N–C) groups is 1. The Morgan fingerprint density at radius 1 is 1.21 bits per heavy atom. The van der Waals surface area contributed by atoms with Crippen LogP contribution < -0.4 is 22.5 Å². The maximum Gasteiger partial charge on any atom is 0.231 e. The highest BCUT2D eigenvalue weighted by atomic mass is 16.5. The van der Waals surface area contributed by atoms with Gasteiger partial charge in [-0.3, -0.25) is 15.1 Å². The number of nitrogens with one attached hydrogen (secondary N) is 1. The van der Waals surface area contributed by atoms with Crippen LogP contribution >= 0.6 is 0 Å². The largest absolute Gasteiger partial charge is 0.398 e. The van der Waals surface area contributed by atoms with Crippen LogP contribution in [0.3, 0.4) is 0 Å². The Morgan fingerprint density at radius 2 is 1.85 bits per heavy atom. The fraction of sp³-hybridized carbons (Fsp3) is 0.480. The number of nitrogens with two attached hydrogens (primary N) is 3. The first-order valence-electron chi connectivity index (χ1n) is 11.7. The van der Waals surface area contributed by atoms with Crippen molar-refractivity contribution in [2.45, 2.75) is 69.6 Å². The smallest absolute Gasteiger partial charge is 0.231 e. The van der Waals surface area contributed by atoms with Crippen molar-refractivity contribution < 1.29 is 14.4 Å². The average Bonchev–Trinajstić information content (AvgIpc) is 3.25. The predicted octanol–water partition coefficient (Wildman–Crippen LogP) is 2.15. The number of rotatable bonds is 8. The third kappa shape index (κ3) is 4.10. The maximum atomic E-state index is 12.5. The Labute approximate surface area is 198 Å². The summed E-state index contributed by atoms with van der Waals surface area (Å²) in [6.07, 6.45) is 4.12. The molecule has 1 heterocycles. The molecule has 0 aliphatic heterocycles. The fourth-order valence-corrected chi connectivity index (χ4v) is 5.57. The van der Waals surface area contributed by atoms with Crippen LogP contribution in [0, 0.1) is 5.41 Å². The number of anilines is 1. The molecule has 1 aromatic carbocycles. The lowest BCUT2D eigenvalue weighted by molar-refractivity contribution is -0.129. The molecule has 0 spiro atoms. The minimum atomic E-state index is -1.35. The molecule has 0 radical (unpaired) electrons. The van der Waals surface area contributed by atoms with Gasteiger partial charge in [-0.2, -0.15) is 0 Å². The quantitative estimate of drug-likeness (QED) is 0.227. The molecular formula is C25H32N6O3. The first-order valence-corrected chi connectivity index (χ1v) is 11.7. The Kier molecular flexibility index (Phi) is 5.11. The van der Waals surface area contributed by atoms with Gasteiger partial charge in [0.15, 0.2) is 0 Å². The second-order valence-electron chi connectivity index (χ2n) is 10.9. The van der Waals surface area contributed by atoms with E-state index in [1.807, 2.05) is 13.0 Å². The molecule has 9 nitrogen and oxygen atoms in total. The van der Waals surface area contributed by atoms with Crippen LogP contribution in [0.4, 0.5) is 5.88 Å². The Hall–Kier alpha value is -3.17. The van der Waals surface area contributed by atoms with Crippen molar-refractivity contribution in [3.63, 3.8) is 0 Å². The number of aliphatic hydroxyl groups is 1. The van der Waals surface area contributed by atoms with E-state index in [4.69, 9.17) is 21.7 Å². The van der Waals surface area contributed by atoms with Crippen LogP contribution in [0.25, 0.3) is 5.70 Å². The number of aromatic nitrogens is 1. The molecule has 1 aromatic heterocycles. The van der Waals surface area contributed by atoms with Crippen molar-refractivity contribution in [2.75, 3.05) is 5.32 Å². The number of nitrogens with zero attached hydrogens (tertiary/aromatic N) is 2. The molecule has 4 fully saturated rings. The molecule has 8 N–H and O–H groups in total. The number of aliphatic hydroxyl groups excluding tert-OH is 1. The van der Waals surface area contributed by atoms with E-state index >= 15 is 0 Å². The summed E-state index contributed by atoms with van der Waals surface area (Å²) in [5.74, 6) is 0.324. The van der Waals surface area contributed by atoms with Gasteiger partial charge in [0, 0.05) is 17.2 Å². The Balaban J connectivity index is 1.23. The topological polar surface area (TPSA) is 166 Å². The lowest BCUT2D eigenvalue weighted by Gasteiger charge is -2.68. The van der Waals surface area contributed by atoms with E-state index in [1.54, 1.807) is 24.3 Å². The minimum absolute atomic E-state index is 0.148. The van der Waals surface area contributed by atoms with Gasteiger partial charge in [-0.25, -0.2) is 0 Å². The summed E-state index contributed by atoms with van der Waals surface area (Å²) in [6, 6.07) is 8.97. The molecule has 2 bridgehead atoms. The van der Waals surface area contributed by atoms with Gasteiger partial charge in [0.25, 0.3) is 0 Å². The summed E-state index contributed by atoms with van der Waals surface area (Å²) in [5, 5.41) is 17.0. The number of carbonyl (C=O) groups is 1. The molecule has 1 unspecified atom stereocenters. The minimum Gasteiger partial charge on any atom is -0.398 e. The highest BCUT2D eigenvalue weighted by molar-refractivity contribution is 6.04. The van der Waals surface area contributed by atoms with Gasteiger partial charge in [0.05, 0.1) is 23.2 Å². The van der Waals surface area contributed by atoms with Gasteiger partial charge >= 0.3 is 0 Å². The summed E-state index contributed by atoms with van der Waals surface area (Å²) in [5.41, 5.74) is 21.4. The van der Waals surface area contributed by atoms with Gasteiger partial charge in [-0.05, 0) is 55.6 Å². The molecule has 2 aromatic rings. The van der Waals surface area contributed by atoms with Crippen molar-refractivity contribution in [3.05, 3.63) is 52.7 Å². The second kappa shape index (κ2) is 7.68. The molecule has 4 aliphatic rings.